The van der Waals surface area contributed by atoms with E-state index in [1.54, 1.807) is 6.92 Å². The second kappa shape index (κ2) is 6.71. The number of rotatable bonds is 5. The molecule has 0 radical (unpaired) electrons. The Labute approximate surface area is 122 Å². The first-order chi connectivity index (χ1) is 9.29. The molecule has 1 aromatic rings. The molecule has 2 amide bonds. The van der Waals surface area contributed by atoms with E-state index in [1.165, 1.54) is 16.2 Å². The molecular weight excluding hydrogens is 280 g/mol. The monoisotopic (exact) mass is 300 g/mol. The molecule has 0 aromatic carbocycles. The number of amides is 2. The number of carboxylic acid groups (broad SMARTS) is 1. The van der Waals surface area contributed by atoms with Crippen LogP contribution in [0.15, 0.2) is 0 Å². The highest BCUT2D eigenvalue weighted by molar-refractivity contribution is 7.16. The molecule has 1 aromatic heterocycles. The van der Waals surface area contributed by atoms with Crippen LogP contribution in [0.25, 0.3) is 0 Å². The number of anilines is 1. The Hall–Kier alpha value is -1.60. The first kappa shape index (κ1) is 16.5. The van der Waals surface area contributed by atoms with E-state index in [-0.39, 0.29) is 24.8 Å². The number of hydrogen-bond acceptors (Lipinski definition) is 4. The number of aliphatic hydroxyl groups is 1. The number of nitrogens with one attached hydrogen (secondary N) is 1. The van der Waals surface area contributed by atoms with Gasteiger partial charge in [-0.3, -0.25) is 5.32 Å². The molecule has 0 aliphatic heterocycles. The fourth-order valence-corrected chi connectivity index (χ4v) is 2.89. The Balaban J connectivity index is 3.01. The Bertz CT molecular complexity index is 511. The summed E-state index contributed by atoms with van der Waals surface area (Å²) >= 11 is 1.24. The molecule has 7 heteroatoms. The van der Waals surface area contributed by atoms with Crippen molar-refractivity contribution in [1.29, 1.82) is 0 Å². The maximum atomic E-state index is 12.2. The lowest BCUT2D eigenvalue weighted by Crippen LogP contribution is -2.41. The van der Waals surface area contributed by atoms with Crippen LogP contribution in [-0.2, 0) is 0 Å². The number of nitrogens with zero attached hydrogens (tertiary/aromatic N) is 1. The zero-order chi connectivity index (χ0) is 15.4. The summed E-state index contributed by atoms with van der Waals surface area (Å²) in [7, 11) is 0. The molecule has 6 nitrogen and oxygen atoms in total. The molecule has 0 spiro atoms. The van der Waals surface area contributed by atoms with E-state index in [4.69, 9.17) is 5.11 Å². The maximum Gasteiger partial charge on any atom is 0.338 e. The normalized spacial score (nSPS) is 10.7. The number of carboxylic acids is 1. The van der Waals surface area contributed by atoms with Gasteiger partial charge in [-0.1, -0.05) is 0 Å². The highest BCUT2D eigenvalue weighted by Gasteiger charge is 2.23. The number of aliphatic hydroxyl groups excluding tert-OH is 1. The van der Waals surface area contributed by atoms with Gasteiger partial charge in [0.2, 0.25) is 0 Å². The SMILES string of the molecule is Cc1sc(NC(=O)N(CCO)C(C)C)c(C(=O)O)c1C. The van der Waals surface area contributed by atoms with Crippen molar-refractivity contribution in [2.75, 3.05) is 18.5 Å². The average Bonchev–Trinajstić information content (AvgIpc) is 2.61. The van der Waals surface area contributed by atoms with Crippen LogP contribution >= 0.6 is 11.3 Å². The van der Waals surface area contributed by atoms with Gasteiger partial charge < -0.3 is 15.1 Å². The van der Waals surface area contributed by atoms with E-state index in [1.807, 2.05) is 20.8 Å². The van der Waals surface area contributed by atoms with Gasteiger partial charge in [0, 0.05) is 17.5 Å². The highest BCUT2D eigenvalue weighted by atomic mass is 32.1. The zero-order valence-corrected chi connectivity index (χ0v) is 12.9. The molecule has 0 aliphatic carbocycles. The van der Waals surface area contributed by atoms with E-state index < -0.39 is 12.0 Å². The lowest BCUT2D eigenvalue weighted by Gasteiger charge is -2.25. The Morgan fingerprint density at radius 3 is 2.40 bits per heavy atom. The highest BCUT2D eigenvalue weighted by Crippen LogP contribution is 2.32. The molecule has 0 saturated carbocycles. The van der Waals surface area contributed by atoms with Gasteiger partial charge in [-0.25, -0.2) is 9.59 Å². The van der Waals surface area contributed by atoms with Crippen molar-refractivity contribution in [2.45, 2.75) is 33.7 Å². The van der Waals surface area contributed by atoms with Crippen LogP contribution in [0.3, 0.4) is 0 Å². The molecule has 0 saturated heterocycles. The summed E-state index contributed by atoms with van der Waals surface area (Å²) in [5.41, 5.74) is 0.796. The molecule has 1 rings (SSSR count). The van der Waals surface area contributed by atoms with Gasteiger partial charge in [0.1, 0.15) is 5.00 Å². The van der Waals surface area contributed by atoms with Gasteiger partial charge in [0.05, 0.1) is 12.2 Å². The third-order valence-electron chi connectivity index (χ3n) is 3.04. The minimum absolute atomic E-state index is 0.0856. The van der Waals surface area contributed by atoms with Crippen molar-refractivity contribution < 1.29 is 19.8 Å². The van der Waals surface area contributed by atoms with Crippen LogP contribution in [0, 0.1) is 13.8 Å². The van der Waals surface area contributed by atoms with Crippen molar-refractivity contribution in [3.63, 3.8) is 0 Å². The maximum absolute atomic E-state index is 12.2. The van der Waals surface area contributed by atoms with Crippen molar-refractivity contribution in [3.05, 3.63) is 16.0 Å². The number of aromatic carboxylic acids is 1. The van der Waals surface area contributed by atoms with Crippen LogP contribution in [0.5, 0.6) is 0 Å². The van der Waals surface area contributed by atoms with Crippen molar-refractivity contribution >= 4 is 28.3 Å². The van der Waals surface area contributed by atoms with E-state index >= 15 is 0 Å². The molecule has 20 heavy (non-hydrogen) atoms. The number of urea groups is 1. The minimum atomic E-state index is -1.06. The van der Waals surface area contributed by atoms with E-state index in [0.717, 1.165) is 4.88 Å². The standard InChI is InChI=1S/C13H20N2O4S/c1-7(2)15(5-6-16)13(19)14-11-10(12(17)18)8(3)9(4)20-11/h7,16H,5-6H2,1-4H3,(H,14,19)(H,17,18). The first-order valence-corrected chi connectivity index (χ1v) is 7.13. The van der Waals surface area contributed by atoms with Crippen LogP contribution in [-0.4, -0.2) is 46.3 Å². The molecule has 0 unspecified atom stereocenters. The largest absolute Gasteiger partial charge is 0.478 e. The molecule has 0 bridgehead atoms. The fourth-order valence-electron chi connectivity index (χ4n) is 1.84. The molecule has 0 fully saturated rings. The van der Waals surface area contributed by atoms with Gasteiger partial charge in [0.15, 0.2) is 0 Å². The quantitative estimate of drug-likeness (QED) is 0.778. The van der Waals surface area contributed by atoms with Crippen molar-refractivity contribution in [1.82, 2.24) is 4.90 Å². The molecule has 0 aliphatic rings. The van der Waals surface area contributed by atoms with Crippen LogP contribution < -0.4 is 5.32 Å². The smallest absolute Gasteiger partial charge is 0.338 e. The third-order valence-corrected chi connectivity index (χ3v) is 4.17. The Morgan fingerprint density at radius 2 is 1.95 bits per heavy atom. The van der Waals surface area contributed by atoms with Crippen LogP contribution in [0.2, 0.25) is 0 Å². The predicted octanol–water partition coefficient (Wildman–Crippen LogP) is 2.30. The number of aryl methyl sites for hydroxylation is 1. The molecule has 3 N–H and O–H groups in total. The summed E-state index contributed by atoms with van der Waals surface area (Å²) in [6.45, 7) is 7.26. The summed E-state index contributed by atoms with van der Waals surface area (Å²) in [4.78, 5) is 25.7. The number of thiophene rings is 1. The molecular formula is C13H20N2O4S. The van der Waals surface area contributed by atoms with Crippen LogP contribution in [0.4, 0.5) is 9.80 Å². The predicted molar refractivity (Wildman–Crippen MR) is 78.7 cm³/mol. The van der Waals surface area contributed by atoms with Crippen LogP contribution in [0.1, 0.15) is 34.6 Å². The molecule has 0 atom stereocenters. The minimum Gasteiger partial charge on any atom is -0.478 e. The lowest BCUT2D eigenvalue weighted by molar-refractivity contribution is 0.0697. The number of carbonyl (C=O) groups is 2. The van der Waals surface area contributed by atoms with Gasteiger partial charge >= 0.3 is 12.0 Å². The summed E-state index contributed by atoms with van der Waals surface area (Å²) < 4.78 is 0. The second-order valence-corrected chi connectivity index (χ2v) is 5.96. The molecule has 1 heterocycles. The Kier molecular flexibility index (Phi) is 5.52. The average molecular weight is 300 g/mol. The Morgan fingerprint density at radius 1 is 1.35 bits per heavy atom. The lowest BCUT2D eigenvalue weighted by atomic mass is 10.1. The summed E-state index contributed by atoms with van der Waals surface area (Å²) in [5.74, 6) is -1.06. The van der Waals surface area contributed by atoms with Gasteiger partial charge in [-0.15, -0.1) is 11.3 Å². The van der Waals surface area contributed by atoms with E-state index in [9.17, 15) is 14.7 Å². The fraction of sp³-hybridized carbons (Fsp3) is 0.538. The van der Waals surface area contributed by atoms with Crippen molar-refractivity contribution in [2.24, 2.45) is 0 Å². The second-order valence-electron chi connectivity index (χ2n) is 4.73. The van der Waals surface area contributed by atoms with E-state index in [2.05, 4.69) is 5.32 Å². The van der Waals surface area contributed by atoms with Crippen molar-refractivity contribution in [3.8, 4) is 0 Å². The first-order valence-electron chi connectivity index (χ1n) is 6.31. The topological polar surface area (TPSA) is 89.9 Å². The molecule has 112 valence electrons. The van der Waals surface area contributed by atoms with E-state index in [0.29, 0.717) is 10.6 Å². The third kappa shape index (κ3) is 3.49. The summed E-state index contributed by atoms with van der Waals surface area (Å²) in [5, 5.41) is 21.2. The van der Waals surface area contributed by atoms with Gasteiger partial charge in [-0.05, 0) is 33.3 Å². The summed E-state index contributed by atoms with van der Waals surface area (Å²) in [6.07, 6.45) is 0. The summed E-state index contributed by atoms with van der Waals surface area (Å²) in [6, 6.07) is -0.490. The number of hydrogen-bond donors (Lipinski definition) is 3. The van der Waals surface area contributed by atoms with Gasteiger partial charge in [0.25, 0.3) is 0 Å². The number of carbonyl (C=O) groups excluding carboxylic acids is 1. The zero-order valence-electron chi connectivity index (χ0n) is 12.1. The van der Waals surface area contributed by atoms with Gasteiger partial charge in [-0.2, -0.15) is 0 Å².